The second-order valence-corrected chi connectivity index (χ2v) is 3.49. The number of rotatable bonds is 2. The smallest absolute Gasteiger partial charge is 0.335 e. The lowest BCUT2D eigenvalue weighted by Crippen LogP contribution is -1.98. The number of carbonyl (C=O) groups is 1. The molecule has 0 unspecified atom stereocenters. The highest BCUT2D eigenvalue weighted by atomic mass is 16.4. The van der Waals surface area contributed by atoms with Gasteiger partial charge in [-0.05, 0) is 19.1 Å². The van der Waals surface area contributed by atoms with E-state index in [9.17, 15) is 4.79 Å². The third kappa shape index (κ3) is 1.79. The Balaban J connectivity index is 2.52. The van der Waals surface area contributed by atoms with E-state index in [0.717, 1.165) is 5.56 Å². The second kappa shape index (κ2) is 3.77. The Morgan fingerprint density at radius 2 is 2.19 bits per heavy atom. The fourth-order valence-electron chi connectivity index (χ4n) is 1.56. The summed E-state index contributed by atoms with van der Waals surface area (Å²) in [6, 6.07) is 6.65. The van der Waals surface area contributed by atoms with E-state index in [1.807, 2.05) is 6.07 Å². The monoisotopic (exact) mass is 217 g/mol. The molecule has 0 fully saturated rings. The van der Waals surface area contributed by atoms with Crippen molar-refractivity contribution in [2.75, 3.05) is 0 Å². The van der Waals surface area contributed by atoms with Gasteiger partial charge in [0.1, 0.15) is 5.82 Å². The minimum atomic E-state index is -0.944. The molecule has 0 aliphatic carbocycles. The lowest BCUT2D eigenvalue weighted by atomic mass is 10.1. The Bertz CT molecular complexity index is 546. The molecule has 16 heavy (non-hydrogen) atoms. The first-order chi connectivity index (χ1) is 7.58. The molecule has 1 N–H and O–H groups in total. The zero-order chi connectivity index (χ0) is 11.7. The highest BCUT2D eigenvalue weighted by Gasteiger charge is 2.09. The van der Waals surface area contributed by atoms with Crippen LogP contribution in [0.2, 0.25) is 0 Å². The zero-order valence-corrected chi connectivity index (χ0v) is 9.01. The minimum Gasteiger partial charge on any atom is -0.478 e. The standard InChI is InChI=1S/C11H11N3O2/c1-7-12-10(14(2)13-7)8-4-3-5-9(6-8)11(15)16/h3-6H,1-2H3,(H,15,16). The largest absolute Gasteiger partial charge is 0.478 e. The molecule has 2 rings (SSSR count). The van der Waals surface area contributed by atoms with E-state index >= 15 is 0 Å². The summed E-state index contributed by atoms with van der Waals surface area (Å²) in [6.07, 6.45) is 0. The lowest BCUT2D eigenvalue weighted by Gasteiger charge is -2.01. The number of aromatic nitrogens is 3. The van der Waals surface area contributed by atoms with Gasteiger partial charge in [0.05, 0.1) is 5.56 Å². The van der Waals surface area contributed by atoms with Crippen LogP contribution in [0.4, 0.5) is 0 Å². The van der Waals surface area contributed by atoms with Crippen LogP contribution < -0.4 is 0 Å². The summed E-state index contributed by atoms with van der Waals surface area (Å²) >= 11 is 0. The minimum absolute atomic E-state index is 0.248. The maximum atomic E-state index is 10.8. The van der Waals surface area contributed by atoms with Crippen LogP contribution in [0.1, 0.15) is 16.2 Å². The first-order valence-corrected chi connectivity index (χ1v) is 4.79. The fraction of sp³-hybridized carbons (Fsp3) is 0.182. The first-order valence-electron chi connectivity index (χ1n) is 4.79. The molecule has 0 aliphatic rings. The highest BCUT2D eigenvalue weighted by Crippen LogP contribution is 2.17. The molecule has 0 aliphatic heterocycles. The van der Waals surface area contributed by atoms with Crippen molar-refractivity contribution in [2.45, 2.75) is 6.92 Å². The van der Waals surface area contributed by atoms with Crippen LogP contribution in [0.25, 0.3) is 11.4 Å². The molecule has 0 saturated carbocycles. The highest BCUT2D eigenvalue weighted by molar-refractivity contribution is 5.89. The van der Waals surface area contributed by atoms with Gasteiger partial charge in [-0.25, -0.2) is 14.5 Å². The molecule has 1 heterocycles. The number of nitrogens with zero attached hydrogens (tertiary/aromatic N) is 3. The number of aryl methyl sites for hydroxylation is 2. The van der Waals surface area contributed by atoms with Crippen LogP contribution in [0.3, 0.4) is 0 Å². The van der Waals surface area contributed by atoms with E-state index in [1.165, 1.54) is 0 Å². The average Bonchev–Trinajstić information content (AvgIpc) is 2.58. The Labute approximate surface area is 92.4 Å². The molecule has 2 aromatic rings. The number of aromatic carboxylic acids is 1. The van der Waals surface area contributed by atoms with Crippen molar-refractivity contribution in [2.24, 2.45) is 7.05 Å². The van der Waals surface area contributed by atoms with Gasteiger partial charge in [0.2, 0.25) is 0 Å². The van der Waals surface area contributed by atoms with Crippen molar-refractivity contribution in [3.05, 3.63) is 35.7 Å². The van der Waals surface area contributed by atoms with Gasteiger partial charge in [0.25, 0.3) is 0 Å². The van der Waals surface area contributed by atoms with Gasteiger partial charge in [-0.1, -0.05) is 12.1 Å². The Kier molecular flexibility index (Phi) is 2.44. The van der Waals surface area contributed by atoms with Crippen molar-refractivity contribution >= 4 is 5.97 Å². The fourth-order valence-corrected chi connectivity index (χ4v) is 1.56. The topological polar surface area (TPSA) is 68.0 Å². The lowest BCUT2D eigenvalue weighted by molar-refractivity contribution is 0.0697. The van der Waals surface area contributed by atoms with E-state index in [0.29, 0.717) is 11.6 Å². The van der Waals surface area contributed by atoms with Crippen molar-refractivity contribution in [3.63, 3.8) is 0 Å². The molecule has 5 nitrogen and oxygen atoms in total. The predicted octanol–water partition coefficient (Wildman–Crippen LogP) is 1.49. The summed E-state index contributed by atoms with van der Waals surface area (Å²) in [4.78, 5) is 15.1. The van der Waals surface area contributed by atoms with Crippen molar-refractivity contribution in [3.8, 4) is 11.4 Å². The summed E-state index contributed by atoms with van der Waals surface area (Å²) in [5, 5.41) is 13.0. The van der Waals surface area contributed by atoms with E-state index in [4.69, 9.17) is 5.11 Å². The molecule has 1 aromatic heterocycles. The summed E-state index contributed by atoms with van der Waals surface area (Å²) < 4.78 is 1.64. The van der Waals surface area contributed by atoms with Crippen LogP contribution in [-0.4, -0.2) is 25.8 Å². The summed E-state index contributed by atoms with van der Waals surface area (Å²) in [7, 11) is 1.78. The summed E-state index contributed by atoms with van der Waals surface area (Å²) in [5.74, 6) is 0.388. The van der Waals surface area contributed by atoms with Gasteiger partial charge in [-0.15, -0.1) is 0 Å². The van der Waals surface area contributed by atoms with E-state index in [-0.39, 0.29) is 5.56 Å². The molecule has 82 valence electrons. The Morgan fingerprint density at radius 3 is 2.75 bits per heavy atom. The average molecular weight is 217 g/mol. The van der Waals surface area contributed by atoms with Gasteiger partial charge in [-0.3, -0.25) is 0 Å². The maximum absolute atomic E-state index is 10.8. The van der Waals surface area contributed by atoms with Crippen molar-refractivity contribution in [1.82, 2.24) is 14.8 Å². The Hall–Kier alpha value is -2.17. The van der Waals surface area contributed by atoms with E-state index < -0.39 is 5.97 Å². The van der Waals surface area contributed by atoms with Gasteiger partial charge in [0, 0.05) is 12.6 Å². The van der Waals surface area contributed by atoms with Gasteiger partial charge in [-0.2, -0.15) is 5.10 Å². The SMILES string of the molecule is Cc1nc(-c2cccc(C(=O)O)c2)n(C)n1. The summed E-state index contributed by atoms with van der Waals surface area (Å²) in [5.41, 5.74) is 1.00. The van der Waals surface area contributed by atoms with Crippen molar-refractivity contribution < 1.29 is 9.90 Å². The van der Waals surface area contributed by atoms with Gasteiger partial charge >= 0.3 is 5.97 Å². The molecule has 0 spiro atoms. The quantitative estimate of drug-likeness (QED) is 0.827. The number of hydrogen-bond acceptors (Lipinski definition) is 3. The molecule has 0 atom stereocenters. The molecule has 5 heteroatoms. The molecule has 1 aromatic carbocycles. The van der Waals surface area contributed by atoms with Gasteiger partial charge in [0.15, 0.2) is 5.82 Å². The molecule has 0 amide bonds. The normalized spacial score (nSPS) is 10.4. The van der Waals surface area contributed by atoms with Crippen LogP contribution in [0, 0.1) is 6.92 Å². The summed E-state index contributed by atoms with van der Waals surface area (Å²) in [6.45, 7) is 1.80. The van der Waals surface area contributed by atoms with E-state index in [1.54, 1.807) is 36.9 Å². The number of hydrogen-bond donors (Lipinski definition) is 1. The maximum Gasteiger partial charge on any atom is 0.335 e. The van der Waals surface area contributed by atoms with Crippen LogP contribution >= 0.6 is 0 Å². The number of carboxylic acids is 1. The van der Waals surface area contributed by atoms with Crippen LogP contribution in [-0.2, 0) is 7.05 Å². The molecule has 0 saturated heterocycles. The third-order valence-electron chi connectivity index (χ3n) is 2.24. The number of carboxylic acid groups (broad SMARTS) is 1. The third-order valence-corrected chi connectivity index (χ3v) is 2.24. The predicted molar refractivity (Wildman–Crippen MR) is 58.1 cm³/mol. The van der Waals surface area contributed by atoms with E-state index in [2.05, 4.69) is 10.1 Å². The first kappa shape index (κ1) is 10.4. The van der Waals surface area contributed by atoms with Gasteiger partial charge < -0.3 is 5.11 Å². The molecular weight excluding hydrogens is 206 g/mol. The van der Waals surface area contributed by atoms with Crippen molar-refractivity contribution in [1.29, 1.82) is 0 Å². The number of benzene rings is 1. The second-order valence-electron chi connectivity index (χ2n) is 3.49. The zero-order valence-electron chi connectivity index (χ0n) is 9.01. The molecule has 0 bridgehead atoms. The van der Waals surface area contributed by atoms with Crippen LogP contribution in [0.15, 0.2) is 24.3 Å². The van der Waals surface area contributed by atoms with Crippen LogP contribution in [0.5, 0.6) is 0 Å². The Morgan fingerprint density at radius 1 is 1.44 bits per heavy atom. The molecule has 0 radical (unpaired) electrons. The molecular formula is C11H11N3O2.